The van der Waals surface area contributed by atoms with E-state index in [0.29, 0.717) is 6.04 Å². The molecule has 16 heavy (non-hydrogen) atoms. The third-order valence-corrected chi connectivity index (χ3v) is 4.53. The molecule has 3 heteroatoms. The highest BCUT2D eigenvalue weighted by Crippen LogP contribution is 2.31. The van der Waals surface area contributed by atoms with E-state index in [1.165, 1.54) is 38.0 Å². The molecule has 1 unspecified atom stereocenters. The molecular weight excluding hydrogens is 216 g/mol. The lowest BCUT2D eigenvalue weighted by atomic mass is 10.1. The van der Waals surface area contributed by atoms with Crippen LogP contribution in [0.15, 0.2) is 11.4 Å². The quantitative estimate of drug-likeness (QED) is 0.871. The van der Waals surface area contributed by atoms with Crippen molar-refractivity contribution in [3.8, 4) is 0 Å². The summed E-state index contributed by atoms with van der Waals surface area (Å²) in [5, 5.41) is 5.70. The summed E-state index contributed by atoms with van der Waals surface area (Å²) in [7, 11) is 0. The third-order valence-electron chi connectivity index (χ3n) is 3.41. The Balaban J connectivity index is 2.12. The summed E-state index contributed by atoms with van der Waals surface area (Å²) in [6.45, 7) is 9.29. The highest BCUT2D eigenvalue weighted by molar-refractivity contribution is 7.10. The smallest absolute Gasteiger partial charge is 0.0442 e. The first kappa shape index (κ1) is 12.1. The van der Waals surface area contributed by atoms with Crippen molar-refractivity contribution in [3.05, 3.63) is 21.9 Å². The van der Waals surface area contributed by atoms with E-state index in [1.54, 1.807) is 4.88 Å². The van der Waals surface area contributed by atoms with E-state index in [1.807, 2.05) is 11.3 Å². The maximum atomic E-state index is 3.48. The summed E-state index contributed by atoms with van der Waals surface area (Å²) in [5.41, 5.74) is 1.47. The van der Waals surface area contributed by atoms with Gasteiger partial charge in [-0.25, -0.2) is 0 Å². The molecule has 1 aliphatic rings. The molecule has 1 aromatic rings. The van der Waals surface area contributed by atoms with Crippen LogP contribution in [0.1, 0.15) is 36.2 Å². The Morgan fingerprint density at radius 1 is 1.44 bits per heavy atom. The van der Waals surface area contributed by atoms with Crippen molar-refractivity contribution in [2.24, 2.45) is 0 Å². The lowest BCUT2D eigenvalue weighted by molar-refractivity contribution is 0.208. The molecule has 1 aliphatic heterocycles. The minimum Gasteiger partial charge on any atom is -0.315 e. The van der Waals surface area contributed by atoms with Crippen LogP contribution in [-0.4, -0.2) is 31.1 Å². The van der Waals surface area contributed by atoms with Gasteiger partial charge in [0, 0.05) is 30.6 Å². The van der Waals surface area contributed by atoms with Gasteiger partial charge in [0.1, 0.15) is 0 Å². The van der Waals surface area contributed by atoms with E-state index < -0.39 is 0 Å². The van der Waals surface area contributed by atoms with Crippen LogP contribution in [0.4, 0.5) is 0 Å². The van der Waals surface area contributed by atoms with Gasteiger partial charge in [-0.05, 0) is 43.3 Å². The Labute approximate surface area is 103 Å². The summed E-state index contributed by atoms with van der Waals surface area (Å²) in [4.78, 5) is 4.23. The maximum Gasteiger partial charge on any atom is 0.0442 e. The zero-order valence-corrected chi connectivity index (χ0v) is 11.1. The fraction of sp³-hybridized carbons (Fsp3) is 0.692. The minimum atomic E-state index is 0.639. The molecule has 1 N–H and O–H groups in total. The minimum absolute atomic E-state index is 0.639. The molecule has 1 fully saturated rings. The van der Waals surface area contributed by atoms with Gasteiger partial charge in [-0.2, -0.15) is 0 Å². The van der Waals surface area contributed by atoms with Crippen molar-refractivity contribution >= 4 is 11.3 Å². The van der Waals surface area contributed by atoms with Crippen LogP contribution >= 0.6 is 11.3 Å². The number of hydrogen-bond donors (Lipinski definition) is 1. The van der Waals surface area contributed by atoms with E-state index in [-0.39, 0.29) is 0 Å². The lowest BCUT2D eigenvalue weighted by Gasteiger charge is -2.29. The van der Waals surface area contributed by atoms with Crippen molar-refractivity contribution in [1.82, 2.24) is 10.2 Å². The zero-order valence-electron chi connectivity index (χ0n) is 10.3. The van der Waals surface area contributed by atoms with E-state index in [2.05, 4.69) is 35.5 Å². The van der Waals surface area contributed by atoms with E-state index >= 15 is 0 Å². The molecule has 2 heterocycles. The average molecular weight is 238 g/mol. The molecule has 1 saturated heterocycles. The Hall–Kier alpha value is -0.380. The number of nitrogens with zero attached hydrogens (tertiary/aromatic N) is 1. The number of thiophene rings is 1. The highest BCUT2D eigenvalue weighted by atomic mass is 32.1. The molecule has 1 aromatic heterocycles. The number of rotatable bonds is 3. The van der Waals surface area contributed by atoms with Crippen molar-refractivity contribution in [2.45, 2.75) is 32.7 Å². The Morgan fingerprint density at radius 3 is 3.00 bits per heavy atom. The van der Waals surface area contributed by atoms with Gasteiger partial charge in [-0.1, -0.05) is 6.92 Å². The molecule has 0 amide bonds. The Morgan fingerprint density at radius 2 is 2.31 bits per heavy atom. The molecular formula is C13H22N2S. The second kappa shape index (κ2) is 5.80. The van der Waals surface area contributed by atoms with Crippen molar-refractivity contribution < 1.29 is 0 Å². The Kier molecular flexibility index (Phi) is 4.38. The molecule has 2 rings (SSSR count). The lowest BCUT2D eigenvalue weighted by Crippen LogP contribution is -2.31. The van der Waals surface area contributed by atoms with Crippen LogP contribution in [0, 0.1) is 6.92 Å². The summed E-state index contributed by atoms with van der Waals surface area (Å²) in [6.07, 6.45) is 2.50. The van der Waals surface area contributed by atoms with Crippen LogP contribution < -0.4 is 5.32 Å². The molecule has 0 spiro atoms. The average Bonchev–Trinajstić information content (AvgIpc) is 2.57. The SMILES string of the molecule is CCC(c1sccc1C)N1CCCNCC1. The molecule has 0 aromatic carbocycles. The van der Waals surface area contributed by atoms with Crippen molar-refractivity contribution in [3.63, 3.8) is 0 Å². The highest BCUT2D eigenvalue weighted by Gasteiger charge is 2.21. The van der Waals surface area contributed by atoms with Crippen molar-refractivity contribution in [1.29, 1.82) is 0 Å². The number of hydrogen-bond acceptors (Lipinski definition) is 3. The van der Waals surface area contributed by atoms with Gasteiger partial charge in [0.05, 0.1) is 0 Å². The van der Waals surface area contributed by atoms with Gasteiger partial charge in [0.2, 0.25) is 0 Å². The summed E-state index contributed by atoms with van der Waals surface area (Å²) in [6, 6.07) is 2.89. The third kappa shape index (κ3) is 2.65. The summed E-state index contributed by atoms with van der Waals surface area (Å²) >= 11 is 1.92. The molecule has 0 radical (unpaired) electrons. The first-order valence-electron chi connectivity index (χ1n) is 6.31. The molecule has 2 nitrogen and oxygen atoms in total. The monoisotopic (exact) mass is 238 g/mol. The van der Waals surface area contributed by atoms with Gasteiger partial charge >= 0.3 is 0 Å². The standard InChI is InChI=1S/C13H22N2S/c1-3-12(13-11(2)5-10-16-13)15-8-4-6-14-7-9-15/h5,10,12,14H,3-4,6-9H2,1-2H3. The molecule has 1 atom stereocenters. The molecule has 0 saturated carbocycles. The van der Waals surface area contributed by atoms with Gasteiger partial charge in [0.25, 0.3) is 0 Å². The Bertz CT molecular complexity index is 313. The van der Waals surface area contributed by atoms with Gasteiger partial charge in [-0.15, -0.1) is 11.3 Å². The van der Waals surface area contributed by atoms with Gasteiger partial charge < -0.3 is 5.32 Å². The molecule has 0 aliphatic carbocycles. The van der Waals surface area contributed by atoms with E-state index in [9.17, 15) is 0 Å². The number of nitrogens with one attached hydrogen (secondary N) is 1. The van der Waals surface area contributed by atoms with Crippen LogP contribution in [0.5, 0.6) is 0 Å². The normalized spacial score (nSPS) is 20.6. The van der Waals surface area contributed by atoms with Crippen molar-refractivity contribution in [2.75, 3.05) is 26.2 Å². The first-order valence-corrected chi connectivity index (χ1v) is 7.19. The summed E-state index contributed by atoms with van der Waals surface area (Å²) < 4.78 is 0. The zero-order chi connectivity index (χ0) is 11.4. The largest absolute Gasteiger partial charge is 0.315 e. The second-order valence-electron chi connectivity index (χ2n) is 4.53. The topological polar surface area (TPSA) is 15.3 Å². The second-order valence-corrected chi connectivity index (χ2v) is 5.48. The molecule has 0 bridgehead atoms. The van der Waals surface area contributed by atoms with Gasteiger partial charge in [0.15, 0.2) is 0 Å². The van der Waals surface area contributed by atoms with Crippen LogP contribution in [-0.2, 0) is 0 Å². The first-order chi connectivity index (χ1) is 7.83. The number of aryl methyl sites for hydroxylation is 1. The van der Waals surface area contributed by atoms with Crippen LogP contribution in [0.2, 0.25) is 0 Å². The van der Waals surface area contributed by atoms with Crippen LogP contribution in [0.25, 0.3) is 0 Å². The maximum absolute atomic E-state index is 3.48. The van der Waals surface area contributed by atoms with Crippen LogP contribution in [0.3, 0.4) is 0 Å². The van der Waals surface area contributed by atoms with Gasteiger partial charge in [-0.3, -0.25) is 4.90 Å². The predicted molar refractivity (Wildman–Crippen MR) is 71.1 cm³/mol. The molecule has 90 valence electrons. The summed E-state index contributed by atoms with van der Waals surface area (Å²) in [5.74, 6) is 0. The fourth-order valence-corrected chi connectivity index (χ4v) is 3.66. The predicted octanol–water partition coefficient (Wildman–Crippen LogP) is 2.80. The fourth-order valence-electron chi connectivity index (χ4n) is 2.51. The van der Waals surface area contributed by atoms with E-state index in [4.69, 9.17) is 0 Å². The van der Waals surface area contributed by atoms with E-state index in [0.717, 1.165) is 6.54 Å².